The van der Waals surface area contributed by atoms with Gasteiger partial charge < -0.3 is 20.6 Å². The molecule has 0 radical (unpaired) electrons. The summed E-state index contributed by atoms with van der Waals surface area (Å²) in [6.45, 7) is 0.664. The number of aliphatic hydroxyl groups is 1. The van der Waals surface area contributed by atoms with Crippen molar-refractivity contribution in [1.29, 1.82) is 0 Å². The number of amides is 5. The maximum Gasteiger partial charge on any atom is 0.340 e. The maximum atomic E-state index is 12.8. The first-order valence-electron chi connectivity index (χ1n) is 10.4. The first-order chi connectivity index (χ1) is 15.4. The first kappa shape index (κ1) is 21.9. The Balaban J connectivity index is 1.40. The van der Waals surface area contributed by atoms with Gasteiger partial charge in [0.2, 0.25) is 5.91 Å². The highest BCUT2D eigenvalue weighted by atomic mass is 35.5. The van der Waals surface area contributed by atoms with E-state index in [4.69, 9.17) is 11.6 Å². The zero-order valence-corrected chi connectivity index (χ0v) is 18.1. The summed E-state index contributed by atoms with van der Waals surface area (Å²) in [5.74, 6) is 0.0985. The van der Waals surface area contributed by atoms with Gasteiger partial charge in [0.15, 0.2) is 0 Å². The number of carbonyl (C=O) groups is 3. The van der Waals surface area contributed by atoms with E-state index in [0.29, 0.717) is 29.4 Å². The molecule has 1 atom stereocenters. The van der Waals surface area contributed by atoms with Crippen LogP contribution in [-0.4, -0.2) is 58.8 Å². The van der Waals surface area contributed by atoms with Gasteiger partial charge >= 0.3 is 12.1 Å². The van der Waals surface area contributed by atoms with Crippen LogP contribution in [0.5, 0.6) is 0 Å². The van der Waals surface area contributed by atoms with Gasteiger partial charge in [-0.3, -0.25) is 4.79 Å². The molecule has 2 heterocycles. The van der Waals surface area contributed by atoms with Gasteiger partial charge in [0.05, 0.1) is 19.2 Å². The van der Waals surface area contributed by atoms with Gasteiger partial charge in [-0.05, 0) is 61.4 Å². The number of hydrogen-bond acceptors (Lipinski definition) is 4. The van der Waals surface area contributed by atoms with Gasteiger partial charge in [-0.15, -0.1) is 0 Å². The Bertz CT molecular complexity index is 998. The number of hydrazine groups is 1. The zero-order chi connectivity index (χ0) is 22.7. The summed E-state index contributed by atoms with van der Waals surface area (Å²) in [6, 6.07) is 12.5. The smallest absolute Gasteiger partial charge is 0.340 e. The molecular formula is C22H24ClN5O4. The van der Waals surface area contributed by atoms with E-state index in [-0.39, 0.29) is 19.0 Å². The molecule has 2 aliphatic heterocycles. The lowest BCUT2D eigenvalue weighted by Gasteiger charge is -2.28. The summed E-state index contributed by atoms with van der Waals surface area (Å²) in [6.07, 6.45) is 1.57. The summed E-state index contributed by atoms with van der Waals surface area (Å²) in [7, 11) is 0. The number of nitrogens with zero attached hydrogens (tertiary/aromatic N) is 3. The van der Waals surface area contributed by atoms with Gasteiger partial charge in [-0.2, -0.15) is 0 Å². The summed E-state index contributed by atoms with van der Waals surface area (Å²) in [5, 5.41) is 18.3. The molecule has 0 spiro atoms. The number of anilines is 3. The van der Waals surface area contributed by atoms with E-state index in [9.17, 15) is 19.5 Å². The van der Waals surface area contributed by atoms with Crippen LogP contribution in [0.4, 0.5) is 26.7 Å². The minimum atomic E-state index is -0.857. The molecule has 5 amide bonds. The van der Waals surface area contributed by atoms with Crippen LogP contribution in [0.25, 0.3) is 0 Å². The lowest BCUT2D eigenvalue weighted by Crippen LogP contribution is -2.48. The molecule has 0 aromatic heterocycles. The fourth-order valence-corrected chi connectivity index (χ4v) is 3.88. The third-order valence-electron chi connectivity index (χ3n) is 5.38. The number of aliphatic hydroxyl groups excluding tert-OH is 1. The molecule has 0 saturated carbocycles. The van der Waals surface area contributed by atoms with E-state index in [1.54, 1.807) is 53.4 Å². The largest absolute Gasteiger partial charge is 0.389 e. The fraction of sp³-hybridized carbons (Fsp3) is 0.318. The summed E-state index contributed by atoms with van der Waals surface area (Å²) >= 11 is 5.86. The van der Waals surface area contributed by atoms with Crippen molar-refractivity contribution in [2.45, 2.75) is 25.4 Å². The fourth-order valence-electron chi connectivity index (χ4n) is 3.75. The highest BCUT2D eigenvalue weighted by Gasteiger charge is 2.36. The summed E-state index contributed by atoms with van der Waals surface area (Å²) < 4.78 is 0. The van der Waals surface area contributed by atoms with Gasteiger partial charge in [-0.25, -0.2) is 19.6 Å². The Morgan fingerprint density at radius 3 is 1.94 bits per heavy atom. The average Bonchev–Trinajstić information content (AvgIpc) is 3.18. The van der Waals surface area contributed by atoms with E-state index >= 15 is 0 Å². The Labute approximate surface area is 190 Å². The predicted molar refractivity (Wildman–Crippen MR) is 122 cm³/mol. The number of piperidine rings is 1. The van der Waals surface area contributed by atoms with Crippen LogP contribution in [-0.2, 0) is 4.79 Å². The molecule has 32 heavy (non-hydrogen) atoms. The van der Waals surface area contributed by atoms with Crippen LogP contribution in [0, 0.1) is 0 Å². The van der Waals surface area contributed by atoms with Crippen LogP contribution in [0.2, 0.25) is 5.02 Å². The molecule has 2 fully saturated rings. The highest BCUT2D eigenvalue weighted by molar-refractivity contribution is 6.30. The third kappa shape index (κ3) is 4.95. The Hall–Kier alpha value is -3.30. The molecule has 3 N–H and O–H groups in total. The second-order valence-electron chi connectivity index (χ2n) is 7.73. The molecule has 0 aliphatic carbocycles. The molecule has 4 rings (SSSR count). The van der Waals surface area contributed by atoms with Crippen molar-refractivity contribution in [1.82, 2.24) is 10.0 Å². The molecule has 10 heteroatoms. The molecule has 2 aliphatic rings. The molecule has 2 aromatic carbocycles. The van der Waals surface area contributed by atoms with Crippen molar-refractivity contribution < 1.29 is 19.5 Å². The van der Waals surface area contributed by atoms with Crippen LogP contribution in [0.1, 0.15) is 19.3 Å². The molecular weight excluding hydrogens is 434 g/mol. The first-order valence-corrected chi connectivity index (χ1v) is 10.8. The van der Waals surface area contributed by atoms with E-state index < -0.39 is 18.2 Å². The average molecular weight is 458 g/mol. The number of β-amino-alcohol motifs (C(OH)–C–C–N with tert-alkyl or cyclic N) is 1. The van der Waals surface area contributed by atoms with Gasteiger partial charge in [-0.1, -0.05) is 11.6 Å². The standard InChI is InChI=1S/C22H24ClN5O4/c23-15-4-6-16(7-5-15)24-21(31)27-13-19(29)14-28(27)22(32)25-17-8-10-18(11-9-17)26-12-2-1-3-20(26)30/h4-11,19,29H,1-3,12-14H2,(H,24,31)(H,25,32). The van der Waals surface area contributed by atoms with Crippen molar-refractivity contribution in [3.05, 3.63) is 53.6 Å². The van der Waals surface area contributed by atoms with Crippen LogP contribution in [0.15, 0.2) is 48.5 Å². The van der Waals surface area contributed by atoms with E-state index in [1.807, 2.05) is 0 Å². The molecule has 2 aromatic rings. The van der Waals surface area contributed by atoms with Crippen molar-refractivity contribution in [2.24, 2.45) is 0 Å². The quantitative estimate of drug-likeness (QED) is 0.655. The van der Waals surface area contributed by atoms with Crippen molar-refractivity contribution in [3.8, 4) is 0 Å². The normalized spacial score (nSPS) is 18.6. The predicted octanol–water partition coefficient (Wildman–Crippen LogP) is 3.51. The Kier molecular flexibility index (Phi) is 6.48. The summed E-state index contributed by atoms with van der Waals surface area (Å²) in [4.78, 5) is 39.3. The number of rotatable bonds is 3. The number of nitrogens with one attached hydrogen (secondary N) is 2. The topological polar surface area (TPSA) is 105 Å². The minimum Gasteiger partial charge on any atom is -0.389 e. The SMILES string of the molecule is O=C1CCCCN1c1ccc(NC(=O)N2CC(O)CN2C(=O)Nc2ccc(Cl)cc2)cc1. The molecule has 2 saturated heterocycles. The second-order valence-corrected chi connectivity index (χ2v) is 8.17. The van der Waals surface area contributed by atoms with Crippen molar-refractivity contribution in [2.75, 3.05) is 35.2 Å². The van der Waals surface area contributed by atoms with Gasteiger partial charge in [0.1, 0.15) is 0 Å². The summed E-state index contributed by atoms with van der Waals surface area (Å²) in [5.41, 5.74) is 1.82. The number of halogens is 1. The highest BCUT2D eigenvalue weighted by Crippen LogP contribution is 2.23. The van der Waals surface area contributed by atoms with Gasteiger partial charge in [0.25, 0.3) is 0 Å². The molecule has 9 nitrogen and oxygen atoms in total. The van der Waals surface area contributed by atoms with E-state index in [2.05, 4.69) is 10.6 Å². The number of benzene rings is 2. The molecule has 1 unspecified atom stereocenters. The number of urea groups is 2. The maximum absolute atomic E-state index is 12.8. The Morgan fingerprint density at radius 2 is 1.41 bits per heavy atom. The number of hydrogen-bond donors (Lipinski definition) is 3. The second kappa shape index (κ2) is 9.46. The van der Waals surface area contributed by atoms with Crippen LogP contribution >= 0.6 is 11.6 Å². The van der Waals surface area contributed by atoms with Crippen molar-refractivity contribution in [3.63, 3.8) is 0 Å². The Morgan fingerprint density at radius 1 is 0.875 bits per heavy atom. The van der Waals surface area contributed by atoms with Crippen molar-refractivity contribution >= 4 is 46.6 Å². The zero-order valence-electron chi connectivity index (χ0n) is 17.3. The number of carbonyl (C=O) groups excluding carboxylic acids is 3. The minimum absolute atomic E-state index is 0.0111. The monoisotopic (exact) mass is 457 g/mol. The molecule has 0 bridgehead atoms. The van der Waals surface area contributed by atoms with Crippen LogP contribution < -0.4 is 15.5 Å². The lowest BCUT2D eigenvalue weighted by molar-refractivity contribution is -0.119. The third-order valence-corrected chi connectivity index (χ3v) is 5.63. The van der Waals surface area contributed by atoms with E-state index in [1.165, 1.54) is 0 Å². The molecule has 168 valence electrons. The van der Waals surface area contributed by atoms with Crippen LogP contribution in [0.3, 0.4) is 0 Å². The lowest BCUT2D eigenvalue weighted by atomic mass is 10.1. The van der Waals surface area contributed by atoms with E-state index in [0.717, 1.165) is 28.5 Å². The van der Waals surface area contributed by atoms with Gasteiger partial charge in [0, 0.05) is 35.1 Å².